The van der Waals surface area contributed by atoms with Gasteiger partial charge < -0.3 is 13.7 Å². The average molecular weight is 704 g/mol. The van der Waals surface area contributed by atoms with E-state index in [1.165, 1.54) is 22.1 Å². The van der Waals surface area contributed by atoms with Crippen molar-refractivity contribution >= 4 is 71.7 Å². The van der Waals surface area contributed by atoms with E-state index in [0.29, 0.717) is 0 Å². The molecule has 9 aromatic carbocycles. The predicted octanol–water partition coefficient (Wildman–Crippen LogP) is 15.1. The molecule has 0 bridgehead atoms. The molecule has 258 valence electrons. The number of nitrogens with zero attached hydrogens (tertiary/aromatic N) is 1. The summed E-state index contributed by atoms with van der Waals surface area (Å²) in [5, 5.41) is 6.65. The number of fused-ring (bicyclic) bond motifs is 7. The molecule has 0 N–H and O–H groups in total. The Morgan fingerprint density at radius 1 is 0.309 bits per heavy atom. The molecule has 0 radical (unpaired) electrons. The Balaban J connectivity index is 1.18. The van der Waals surface area contributed by atoms with Crippen molar-refractivity contribution in [1.29, 1.82) is 0 Å². The summed E-state index contributed by atoms with van der Waals surface area (Å²) in [6, 6.07) is 70.9. The molecule has 0 aliphatic heterocycles. The Labute approximate surface area is 317 Å². The van der Waals surface area contributed by atoms with E-state index >= 15 is 0 Å². The average Bonchev–Trinajstić information content (AvgIpc) is 3.82. The molecule has 0 aliphatic rings. The van der Waals surface area contributed by atoms with Crippen LogP contribution in [0.15, 0.2) is 209 Å². The molecular formula is C52H33NO2. The van der Waals surface area contributed by atoms with Gasteiger partial charge in [-0.2, -0.15) is 0 Å². The van der Waals surface area contributed by atoms with E-state index in [0.717, 1.165) is 83.0 Å². The predicted molar refractivity (Wildman–Crippen MR) is 229 cm³/mol. The lowest BCUT2D eigenvalue weighted by atomic mass is 9.97. The fourth-order valence-corrected chi connectivity index (χ4v) is 8.13. The van der Waals surface area contributed by atoms with Crippen LogP contribution in [0.25, 0.3) is 88.0 Å². The molecule has 11 aromatic rings. The Bertz CT molecular complexity index is 3180. The van der Waals surface area contributed by atoms with E-state index in [1.54, 1.807) is 0 Å². The van der Waals surface area contributed by atoms with E-state index in [4.69, 9.17) is 8.83 Å². The molecule has 2 heterocycles. The fourth-order valence-electron chi connectivity index (χ4n) is 8.13. The summed E-state index contributed by atoms with van der Waals surface area (Å²) in [6.07, 6.45) is 0. The highest BCUT2D eigenvalue weighted by atomic mass is 16.3. The van der Waals surface area contributed by atoms with Crippen LogP contribution >= 0.6 is 0 Å². The number of hydrogen-bond acceptors (Lipinski definition) is 3. The minimum absolute atomic E-state index is 0.841. The smallest absolute Gasteiger partial charge is 0.159 e. The second-order valence-electron chi connectivity index (χ2n) is 14.1. The van der Waals surface area contributed by atoms with Crippen molar-refractivity contribution in [2.75, 3.05) is 4.90 Å². The van der Waals surface area contributed by atoms with Gasteiger partial charge in [0.1, 0.15) is 16.7 Å². The third kappa shape index (κ3) is 5.28. The maximum Gasteiger partial charge on any atom is 0.159 e. The van der Waals surface area contributed by atoms with Crippen LogP contribution in [0.2, 0.25) is 0 Å². The van der Waals surface area contributed by atoms with E-state index < -0.39 is 0 Å². The minimum Gasteiger partial charge on any atom is -0.455 e. The Morgan fingerprint density at radius 3 is 1.60 bits per heavy atom. The second kappa shape index (κ2) is 12.6. The lowest BCUT2D eigenvalue weighted by molar-refractivity contribution is 0.669. The van der Waals surface area contributed by atoms with Crippen LogP contribution in [0.1, 0.15) is 0 Å². The Hall–Kier alpha value is -7.36. The molecule has 0 atom stereocenters. The van der Waals surface area contributed by atoms with Crippen molar-refractivity contribution in [3.63, 3.8) is 0 Å². The van der Waals surface area contributed by atoms with Crippen LogP contribution in [0.4, 0.5) is 17.1 Å². The van der Waals surface area contributed by atoms with Crippen LogP contribution in [0, 0.1) is 0 Å². The second-order valence-corrected chi connectivity index (χ2v) is 14.1. The van der Waals surface area contributed by atoms with Gasteiger partial charge in [-0.3, -0.25) is 0 Å². The van der Waals surface area contributed by atoms with Crippen LogP contribution in [-0.2, 0) is 0 Å². The topological polar surface area (TPSA) is 29.5 Å². The SMILES string of the molecule is c1ccc(-c2ccc(-c3cc(N(c4ccc(-c5ccccc5)cc4)c4cccc5c4oc4ccccc45)cc4c3oc3cc5ccccc5cc34)cc2)cc1. The zero-order chi connectivity index (χ0) is 36.3. The minimum atomic E-state index is 0.841. The molecule has 3 heteroatoms. The fraction of sp³-hybridized carbons (Fsp3) is 0. The van der Waals surface area contributed by atoms with Crippen LogP contribution in [0.3, 0.4) is 0 Å². The number of para-hydroxylation sites is 2. The first-order valence-corrected chi connectivity index (χ1v) is 18.7. The first kappa shape index (κ1) is 31.2. The monoisotopic (exact) mass is 703 g/mol. The maximum absolute atomic E-state index is 6.84. The standard InChI is InChI=1S/C52H33NO2/c1-3-12-34(13-4-1)36-22-24-38(25-23-36)45-32-42(33-47-46-30-39-16-7-8-17-40(39)31-50(46)55-51(45)47)53(41-28-26-37(27-29-41)35-14-5-2-6-15-35)48-20-11-19-44-43-18-9-10-21-49(43)54-52(44)48/h1-33H. The lowest BCUT2D eigenvalue weighted by Gasteiger charge is -2.26. The molecule has 55 heavy (non-hydrogen) atoms. The van der Waals surface area contributed by atoms with Gasteiger partial charge in [0.05, 0.1) is 5.69 Å². The quantitative estimate of drug-likeness (QED) is 0.173. The molecule has 0 unspecified atom stereocenters. The molecule has 0 aliphatic carbocycles. The van der Waals surface area contributed by atoms with E-state index in [1.807, 2.05) is 12.1 Å². The molecule has 0 saturated carbocycles. The first-order chi connectivity index (χ1) is 27.2. The van der Waals surface area contributed by atoms with Gasteiger partial charge in [-0.05, 0) is 87.1 Å². The summed E-state index contributed by atoms with van der Waals surface area (Å²) in [6.45, 7) is 0. The summed E-state index contributed by atoms with van der Waals surface area (Å²) in [4.78, 5) is 2.33. The molecule has 0 amide bonds. The summed E-state index contributed by atoms with van der Waals surface area (Å²) < 4.78 is 13.5. The van der Waals surface area contributed by atoms with Gasteiger partial charge in [-0.1, -0.05) is 152 Å². The van der Waals surface area contributed by atoms with Crippen molar-refractivity contribution < 1.29 is 8.83 Å². The van der Waals surface area contributed by atoms with E-state index in [9.17, 15) is 0 Å². The van der Waals surface area contributed by atoms with Crippen LogP contribution < -0.4 is 4.90 Å². The zero-order valence-corrected chi connectivity index (χ0v) is 29.8. The van der Waals surface area contributed by atoms with Crippen molar-refractivity contribution in [3.8, 4) is 33.4 Å². The van der Waals surface area contributed by atoms with Gasteiger partial charge in [0.15, 0.2) is 5.58 Å². The summed E-state index contributed by atoms with van der Waals surface area (Å²) in [5.41, 5.74) is 13.2. The van der Waals surface area contributed by atoms with Gasteiger partial charge in [-0.25, -0.2) is 0 Å². The van der Waals surface area contributed by atoms with Crippen molar-refractivity contribution in [2.24, 2.45) is 0 Å². The molecular weight excluding hydrogens is 671 g/mol. The van der Waals surface area contributed by atoms with Gasteiger partial charge in [-0.15, -0.1) is 0 Å². The molecule has 11 rings (SSSR count). The number of hydrogen-bond donors (Lipinski definition) is 0. The van der Waals surface area contributed by atoms with Gasteiger partial charge in [0.2, 0.25) is 0 Å². The normalized spacial score (nSPS) is 11.6. The highest BCUT2D eigenvalue weighted by molar-refractivity contribution is 6.16. The summed E-state index contributed by atoms with van der Waals surface area (Å²) >= 11 is 0. The Kier molecular flexibility index (Phi) is 7.17. The molecule has 2 aromatic heterocycles. The van der Waals surface area contributed by atoms with Gasteiger partial charge in [0.25, 0.3) is 0 Å². The van der Waals surface area contributed by atoms with Crippen molar-refractivity contribution in [3.05, 3.63) is 200 Å². The van der Waals surface area contributed by atoms with Crippen molar-refractivity contribution in [1.82, 2.24) is 0 Å². The number of furan rings is 2. The van der Waals surface area contributed by atoms with E-state index in [-0.39, 0.29) is 0 Å². The summed E-state index contributed by atoms with van der Waals surface area (Å²) in [5.74, 6) is 0. The highest BCUT2D eigenvalue weighted by Gasteiger charge is 2.23. The van der Waals surface area contributed by atoms with Crippen molar-refractivity contribution in [2.45, 2.75) is 0 Å². The third-order valence-electron chi connectivity index (χ3n) is 10.8. The number of benzene rings is 9. The maximum atomic E-state index is 6.84. The molecule has 0 spiro atoms. The Morgan fingerprint density at radius 2 is 0.873 bits per heavy atom. The van der Waals surface area contributed by atoms with Gasteiger partial charge >= 0.3 is 0 Å². The zero-order valence-electron chi connectivity index (χ0n) is 29.8. The molecule has 0 fully saturated rings. The first-order valence-electron chi connectivity index (χ1n) is 18.7. The number of rotatable bonds is 6. The largest absolute Gasteiger partial charge is 0.455 e. The molecule has 0 saturated heterocycles. The van der Waals surface area contributed by atoms with E-state index in [2.05, 4.69) is 193 Å². The summed E-state index contributed by atoms with van der Waals surface area (Å²) in [7, 11) is 0. The highest BCUT2D eigenvalue weighted by Crippen LogP contribution is 2.47. The third-order valence-corrected chi connectivity index (χ3v) is 10.8. The lowest BCUT2D eigenvalue weighted by Crippen LogP contribution is -2.10. The number of anilines is 3. The van der Waals surface area contributed by atoms with Crippen LogP contribution in [0.5, 0.6) is 0 Å². The van der Waals surface area contributed by atoms with Crippen LogP contribution in [-0.4, -0.2) is 0 Å². The van der Waals surface area contributed by atoms with Gasteiger partial charge in [0, 0.05) is 38.5 Å². The molecule has 3 nitrogen and oxygen atoms in total.